The van der Waals surface area contributed by atoms with E-state index in [1.807, 2.05) is 24.4 Å². The van der Waals surface area contributed by atoms with Gasteiger partial charge in [0.05, 0.1) is 0 Å². The fourth-order valence-corrected chi connectivity index (χ4v) is 3.20. The average molecular weight is 297 g/mol. The standard InChI is InChI=1S/C17H19N3O2/c1-10(2)13-6-8-21-15(13)17-19-16(20-22-17)12-4-3-11-5-7-18-14(11)9-12/h3-5,7,9-10,13,15,18H,6,8H2,1-2H3/t13-,15-/m0/s1. The molecule has 1 aromatic carbocycles. The summed E-state index contributed by atoms with van der Waals surface area (Å²) < 4.78 is 11.3. The first-order valence-corrected chi connectivity index (χ1v) is 7.75. The lowest BCUT2D eigenvalue weighted by molar-refractivity contribution is 0.0520. The van der Waals surface area contributed by atoms with Crippen LogP contribution >= 0.6 is 0 Å². The Morgan fingerprint density at radius 1 is 1.27 bits per heavy atom. The van der Waals surface area contributed by atoms with Crippen molar-refractivity contribution in [1.29, 1.82) is 0 Å². The third-order valence-electron chi connectivity index (χ3n) is 4.49. The minimum Gasteiger partial charge on any atom is -0.368 e. The highest BCUT2D eigenvalue weighted by Gasteiger charge is 2.35. The Balaban J connectivity index is 1.66. The Hall–Kier alpha value is -2.14. The average Bonchev–Trinajstić information content (AvgIpc) is 3.25. The van der Waals surface area contributed by atoms with E-state index in [0.29, 0.717) is 23.6 Å². The monoisotopic (exact) mass is 297 g/mol. The lowest BCUT2D eigenvalue weighted by Gasteiger charge is -2.18. The summed E-state index contributed by atoms with van der Waals surface area (Å²) >= 11 is 0. The molecule has 5 nitrogen and oxygen atoms in total. The Labute approximate surface area is 128 Å². The molecule has 0 unspecified atom stereocenters. The van der Waals surface area contributed by atoms with Gasteiger partial charge in [-0.05, 0) is 35.8 Å². The Kier molecular flexibility index (Phi) is 3.22. The van der Waals surface area contributed by atoms with E-state index in [2.05, 4.69) is 35.0 Å². The Morgan fingerprint density at radius 3 is 3.05 bits per heavy atom. The summed E-state index contributed by atoms with van der Waals surface area (Å²) in [6.45, 7) is 5.19. The molecule has 22 heavy (non-hydrogen) atoms. The highest BCUT2D eigenvalue weighted by Crippen LogP contribution is 2.38. The molecule has 0 amide bonds. The van der Waals surface area contributed by atoms with Gasteiger partial charge in [-0.1, -0.05) is 31.1 Å². The molecule has 0 saturated carbocycles. The van der Waals surface area contributed by atoms with Gasteiger partial charge in [-0.2, -0.15) is 4.98 Å². The molecule has 1 aliphatic heterocycles. The van der Waals surface area contributed by atoms with Crippen molar-refractivity contribution in [1.82, 2.24) is 15.1 Å². The second kappa shape index (κ2) is 5.25. The van der Waals surface area contributed by atoms with Gasteiger partial charge in [0.1, 0.15) is 6.10 Å². The van der Waals surface area contributed by atoms with Crippen molar-refractivity contribution in [3.8, 4) is 11.4 Å². The summed E-state index contributed by atoms with van der Waals surface area (Å²) in [6.07, 6.45) is 2.90. The molecule has 3 heterocycles. The van der Waals surface area contributed by atoms with Crippen molar-refractivity contribution in [2.75, 3.05) is 6.61 Å². The number of benzene rings is 1. The first kappa shape index (κ1) is 13.5. The van der Waals surface area contributed by atoms with Gasteiger partial charge < -0.3 is 14.2 Å². The van der Waals surface area contributed by atoms with Crippen LogP contribution in [0.5, 0.6) is 0 Å². The SMILES string of the molecule is CC(C)[C@@H]1CCO[C@@H]1c1nc(-c2ccc3cc[nH]c3c2)no1. The Morgan fingerprint density at radius 2 is 2.18 bits per heavy atom. The molecule has 3 aromatic rings. The zero-order valence-corrected chi connectivity index (χ0v) is 12.7. The molecule has 2 atom stereocenters. The summed E-state index contributed by atoms with van der Waals surface area (Å²) in [5, 5.41) is 5.31. The zero-order valence-electron chi connectivity index (χ0n) is 12.7. The van der Waals surface area contributed by atoms with Crippen LogP contribution in [-0.2, 0) is 4.74 Å². The second-order valence-corrected chi connectivity index (χ2v) is 6.22. The number of H-pyrrole nitrogens is 1. The quantitative estimate of drug-likeness (QED) is 0.795. The van der Waals surface area contributed by atoms with Gasteiger partial charge in [0.15, 0.2) is 0 Å². The van der Waals surface area contributed by atoms with E-state index in [-0.39, 0.29) is 6.10 Å². The van der Waals surface area contributed by atoms with Crippen LogP contribution in [0.4, 0.5) is 0 Å². The molecule has 1 N–H and O–H groups in total. The van der Waals surface area contributed by atoms with E-state index in [0.717, 1.165) is 24.1 Å². The molecule has 0 radical (unpaired) electrons. The van der Waals surface area contributed by atoms with Gasteiger partial charge in [-0.3, -0.25) is 0 Å². The van der Waals surface area contributed by atoms with Crippen LogP contribution in [0.2, 0.25) is 0 Å². The third-order valence-corrected chi connectivity index (χ3v) is 4.49. The predicted molar refractivity (Wildman–Crippen MR) is 83.2 cm³/mol. The molecule has 114 valence electrons. The maximum absolute atomic E-state index is 5.82. The van der Waals surface area contributed by atoms with E-state index < -0.39 is 0 Å². The molecular weight excluding hydrogens is 278 g/mol. The van der Waals surface area contributed by atoms with Crippen LogP contribution in [0, 0.1) is 11.8 Å². The van der Waals surface area contributed by atoms with Crippen molar-refractivity contribution in [3.05, 3.63) is 36.4 Å². The van der Waals surface area contributed by atoms with Crippen molar-refractivity contribution >= 4 is 10.9 Å². The van der Waals surface area contributed by atoms with Crippen molar-refractivity contribution in [2.24, 2.45) is 11.8 Å². The van der Waals surface area contributed by atoms with E-state index in [1.165, 1.54) is 5.39 Å². The molecule has 4 rings (SSSR count). The maximum atomic E-state index is 5.82. The van der Waals surface area contributed by atoms with Gasteiger partial charge in [0.2, 0.25) is 5.82 Å². The van der Waals surface area contributed by atoms with Crippen LogP contribution in [-0.4, -0.2) is 21.7 Å². The topological polar surface area (TPSA) is 63.9 Å². The van der Waals surface area contributed by atoms with Gasteiger partial charge in [0, 0.05) is 23.9 Å². The number of ether oxygens (including phenoxy) is 1. The summed E-state index contributed by atoms with van der Waals surface area (Å²) in [5.74, 6) is 2.19. The first-order valence-electron chi connectivity index (χ1n) is 7.75. The first-order chi connectivity index (χ1) is 10.7. The largest absolute Gasteiger partial charge is 0.368 e. The van der Waals surface area contributed by atoms with Gasteiger partial charge in [0.25, 0.3) is 5.89 Å². The van der Waals surface area contributed by atoms with Crippen LogP contribution in [0.1, 0.15) is 32.3 Å². The number of nitrogens with one attached hydrogen (secondary N) is 1. The lowest BCUT2D eigenvalue weighted by atomic mass is 9.89. The van der Waals surface area contributed by atoms with E-state index in [1.54, 1.807) is 0 Å². The van der Waals surface area contributed by atoms with Crippen LogP contribution in [0.25, 0.3) is 22.3 Å². The lowest BCUT2D eigenvalue weighted by Crippen LogP contribution is -2.13. The predicted octanol–water partition coefficient (Wildman–Crippen LogP) is 3.95. The molecule has 0 spiro atoms. The van der Waals surface area contributed by atoms with Gasteiger partial charge in [-0.25, -0.2) is 0 Å². The summed E-state index contributed by atoms with van der Waals surface area (Å²) in [7, 11) is 0. The molecule has 1 saturated heterocycles. The molecule has 1 fully saturated rings. The highest BCUT2D eigenvalue weighted by molar-refractivity contribution is 5.83. The normalized spacial score (nSPS) is 22.0. The molecule has 1 aliphatic rings. The molecule has 5 heteroatoms. The molecule has 2 aromatic heterocycles. The smallest absolute Gasteiger partial charge is 0.256 e. The summed E-state index contributed by atoms with van der Waals surface area (Å²) in [6, 6.07) is 8.15. The number of aromatic nitrogens is 3. The number of aromatic amines is 1. The van der Waals surface area contributed by atoms with E-state index in [9.17, 15) is 0 Å². The number of hydrogen-bond acceptors (Lipinski definition) is 4. The molecular formula is C17H19N3O2. The maximum Gasteiger partial charge on any atom is 0.256 e. The summed E-state index contributed by atoms with van der Waals surface area (Å²) in [5.41, 5.74) is 2.02. The van der Waals surface area contributed by atoms with E-state index in [4.69, 9.17) is 9.26 Å². The zero-order chi connectivity index (χ0) is 15.1. The van der Waals surface area contributed by atoms with Crippen LogP contribution in [0.15, 0.2) is 35.0 Å². The second-order valence-electron chi connectivity index (χ2n) is 6.22. The number of hydrogen-bond donors (Lipinski definition) is 1. The fourth-order valence-electron chi connectivity index (χ4n) is 3.20. The van der Waals surface area contributed by atoms with E-state index >= 15 is 0 Å². The number of rotatable bonds is 3. The summed E-state index contributed by atoms with van der Waals surface area (Å²) in [4.78, 5) is 7.77. The fraction of sp³-hybridized carbons (Fsp3) is 0.412. The number of fused-ring (bicyclic) bond motifs is 1. The number of nitrogens with zero attached hydrogens (tertiary/aromatic N) is 2. The molecule has 0 bridgehead atoms. The van der Waals surface area contributed by atoms with Gasteiger partial charge >= 0.3 is 0 Å². The van der Waals surface area contributed by atoms with Crippen LogP contribution in [0.3, 0.4) is 0 Å². The minimum absolute atomic E-state index is 0.0736. The van der Waals surface area contributed by atoms with Crippen molar-refractivity contribution in [2.45, 2.75) is 26.4 Å². The van der Waals surface area contributed by atoms with Crippen molar-refractivity contribution in [3.63, 3.8) is 0 Å². The van der Waals surface area contributed by atoms with Crippen LogP contribution < -0.4 is 0 Å². The van der Waals surface area contributed by atoms with Gasteiger partial charge in [-0.15, -0.1) is 0 Å². The van der Waals surface area contributed by atoms with Crippen molar-refractivity contribution < 1.29 is 9.26 Å². The Bertz CT molecular complexity index is 790. The highest BCUT2D eigenvalue weighted by atomic mass is 16.5. The minimum atomic E-state index is -0.0736. The third kappa shape index (κ3) is 2.22. The molecule has 0 aliphatic carbocycles.